The molecule has 3 heteroatoms. The van der Waals surface area contributed by atoms with Crippen LogP contribution in [0.5, 0.6) is 0 Å². The van der Waals surface area contributed by atoms with E-state index in [-0.39, 0.29) is 4.98 Å². The van der Waals surface area contributed by atoms with Crippen LogP contribution in [-0.4, -0.2) is 11.5 Å². The van der Waals surface area contributed by atoms with Crippen molar-refractivity contribution >= 4 is 0 Å². The van der Waals surface area contributed by atoms with Gasteiger partial charge in [0.05, 0.1) is 0 Å². The summed E-state index contributed by atoms with van der Waals surface area (Å²) in [6.07, 6.45) is 0. The van der Waals surface area contributed by atoms with Gasteiger partial charge in [-0.3, -0.25) is 0 Å². The molecule has 0 heterocycles. The van der Waals surface area contributed by atoms with Crippen LogP contribution >= 0.6 is 0 Å². The molecule has 0 aliphatic heterocycles. The number of rotatable bonds is 1. The van der Waals surface area contributed by atoms with Crippen molar-refractivity contribution in [1.29, 1.82) is 0 Å². The summed E-state index contributed by atoms with van der Waals surface area (Å²) in [6, 6.07) is 0. The standard InChI is InChI=1S/C2H7N2.Co/c3-1-2-4;/h1H,2-4H2;. The molecule has 1 unspecified atom stereocenters. The molecule has 0 aromatic heterocycles. The fraction of sp³-hybridized carbons (Fsp3) is 1.00. The van der Waals surface area contributed by atoms with Crippen LogP contribution in [0.2, 0.25) is 0 Å². The Labute approximate surface area is 39.5 Å². The maximum atomic E-state index is 5.03. The molecule has 5 heavy (non-hydrogen) atoms. The fourth-order valence-corrected chi connectivity index (χ4v) is 0. The van der Waals surface area contributed by atoms with E-state index in [1.165, 1.54) is 0 Å². The first-order valence-electron chi connectivity index (χ1n) is 1.34. The van der Waals surface area contributed by atoms with Crippen LogP contribution in [0.1, 0.15) is 0 Å². The zero-order chi connectivity index (χ0) is 4.28. The minimum absolute atomic E-state index is 0.150. The van der Waals surface area contributed by atoms with Gasteiger partial charge in [0.15, 0.2) is 0 Å². The zero-order valence-corrected chi connectivity index (χ0v) is 3.81. The van der Waals surface area contributed by atoms with Gasteiger partial charge in [-0.2, -0.15) is 0 Å². The fourth-order valence-electron chi connectivity index (χ4n) is 0. The third-order valence-electron chi connectivity index (χ3n) is 0.215. The molecule has 0 aromatic rings. The van der Waals surface area contributed by atoms with E-state index < -0.39 is 0 Å². The second kappa shape index (κ2) is 2.65. The average molecular weight is 118 g/mol. The van der Waals surface area contributed by atoms with E-state index in [1.807, 2.05) is 0 Å². The van der Waals surface area contributed by atoms with E-state index in [9.17, 15) is 0 Å². The van der Waals surface area contributed by atoms with Crippen molar-refractivity contribution in [3.05, 3.63) is 0 Å². The van der Waals surface area contributed by atoms with Crippen molar-refractivity contribution in [1.82, 2.24) is 0 Å². The summed E-state index contributed by atoms with van der Waals surface area (Å²) < 4.78 is 0. The molecular weight excluding hydrogens is 111 g/mol. The van der Waals surface area contributed by atoms with E-state index in [2.05, 4.69) is 15.7 Å². The van der Waals surface area contributed by atoms with Gasteiger partial charge in [0.2, 0.25) is 0 Å². The Kier molecular flexibility index (Phi) is 2.88. The molecule has 1 atom stereocenters. The second-order valence-electron chi connectivity index (χ2n) is 0.719. The molecule has 0 amide bonds. The van der Waals surface area contributed by atoms with Crippen molar-refractivity contribution in [2.75, 3.05) is 6.54 Å². The molecular formula is C2H7CoN2. The summed E-state index contributed by atoms with van der Waals surface area (Å²) in [5.74, 6) is 0. The Morgan fingerprint density at radius 1 is 1.80 bits per heavy atom. The van der Waals surface area contributed by atoms with Crippen molar-refractivity contribution in [3.63, 3.8) is 0 Å². The molecule has 0 aromatic carbocycles. The van der Waals surface area contributed by atoms with Gasteiger partial charge in [0.1, 0.15) is 0 Å². The van der Waals surface area contributed by atoms with Gasteiger partial charge in [-0.05, 0) is 0 Å². The molecule has 0 rings (SSSR count). The number of hydrogen-bond donors (Lipinski definition) is 2. The van der Waals surface area contributed by atoms with Gasteiger partial charge >= 0.3 is 38.7 Å². The summed E-state index contributed by atoms with van der Waals surface area (Å²) in [4.78, 5) is -0.150. The van der Waals surface area contributed by atoms with E-state index in [1.54, 1.807) is 0 Å². The molecule has 2 nitrogen and oxygen atoms in total. The van der Waals surface area contributed by atoms with Gasteiger partial charge < -0.3 is 0 Å². The van der Waals surface area contributed by atoms with Crippen LogP contribution in [0.3, 0.4) is 0 Å². The third-order valence-corrected chi connectivity index (χ3v) is 0.460. The summed E-state index contributed by atoms with van der Waals surface area (Å²) in [7, 11) is 0. The van der Waals surface area contributed by atoms with Crippen molar-refractivity contribution < 1.29 is 15.7 Å². The summed E-state index contributed by atoms with van der Waals surface area (Å²) in [6.45, 7) is 0.444. The molecule has 34 valence electrons. The molecule has 0 fully saturated rings. The topological polar surface area (TPSA) is 52.0 Å². The van der Waals surface area contributed by atoms with Crippen LogP contribution in [-0.2, 0) is 15.7 Å². The van der Waals surface area contributed by atoms with Crippen molar-refractivity contribution in [2.24, 2.45) is 11.5 Å². The molecule has 0 radical (unpaired) electrons. The van der Waals surface area contributed by atoms with E-state index >= 15 is 0 Å². The Morgan fingerprint density at radius 3 is 2.00 bits per heavy atom. The first-order valence-corrected chi connectivity index (χ1v) is 1.94. The van der Waals surface area contributed by atoms with E-state index in [4.69, 9.17) is 11.5 Å². The van der Waals surface area contributed by atoms with Crippen molar-refractivity contribution in [2.45, 2.75) is 4.98 Å². The number of hydrogen-bond acceptors (Lipinski definition) is 2. The van der Waals surface area contributed by atoms with Crippen LogP contribution in [0, 0.1) is 0 Å². The molecule has 4 N–H and O–H groups in total. The summed E-state index contributed by atoms with van der Waals surface area (Å²) in [5.41, 5.74) is 10.00. The predicted molar refractivity (Wildman–Crippen MR) is 17.0 cm³/mol. The second-order valence-corrected chi connectivity index (χ2v) is 1.49. The van der Waals surface area contributed by atoms with Crippen LogP contribution in [0.25, 0.3) is 0 Å². The SMILES string of the molecule is NC[CH](N)[Co]. The zero-order valence-electron chi connectivity index (χ0n) is 2.77. The Morgan fingerprint density at radius 2 is 2.00 bits per heavy atom. The van der Waals surface area contributed by atoms with Gasteiger partial charge in [0.25, 0.3) is 0 Å². The Balaban J connectivity index is 2.54. The van der Waals surface area contributed by atoms with Crippen LogP contribution in [0.4, 0.5) is 0 Å². The maximum absolute atomic E-state index is 5.03. The molecule has 0 aliphatic rings. The van der Waals surface area contributed by atoms with Crippen LogP contribution < -0.4 is 11.5 Å². The van der Waals surface area contributed by atoms with Crippen LogP contribution in [0.15, 0.2) is 0 Å². The van der Waals surface area contributed by atoms with E-state index in [0.717, 1.165) is 0 Å². The van der Waals surface area contributed by atoms with Gasteiger partial charge in [-0.15, -0.1) is 0 Å². The van der Waals surface area contributed by atoms with Gasteiger partial charge in [-0.25, -0.2) is 0 Å². The average Bonchev–Trinajstić information content (AvgIpc) is 1.38. The molecule has 0 aliphatic carbocycles. The summed E-state index contributed by atoms with van der Waals surface area (Å²) >= 11 is 3.79. The van der Waals surface area contributed by atoms with Gasteiger partial charge in [-0.1, -0.05) is 0 Å². The normalized spacial score (nSPS) is 15.2. The molecule has 0 saturated carbocycles. The first kappa shape index (κ1) is 5.43. The quantitative estimate of drug-likeness (QED) is 0.453. The Bertz CT molecular complexity index is 21.6. The Hall–Kier alpha value is 0.426. The molecule has 0 spiro atoms. The third kappa shape index (κ3) is 4.43. The predicted octanol–water partition coefficient (Wildman–Crippen LogP) is -1.22. The molecule has 0 saturated heterocycles. The summed E-state index contributed by atoms with van der Waals surface area (Å²) in [5, 5.41) is 0. The number of nitrogens with two attached hydrogens (primary N) is 2. The van der Waals surface area contributed by atoms with E-state index in [0.29, 0.717) is 6.54 Å². The molecule has 0 bridgehead atoms. The van der Waals surface area contributed by atoms with Crippen molar-refractivity contribution in [3.8, 4) is 0 Å². The monoisotopic (exact) mass is 118 g/mol. The minimum atomic E-state index is -0.150. The first-order chi connectivity index (χ1) is 2.27. The van der Waals surface area contributed by atoms with Gasteiger partial charge in [0, 0.05) is 0 Å².